The molecule has 0 fully saturated rings. The maximum Gasteiger partial charge on any atom is 0.302 e. The molecule has 5 N–H and O–H groups in total. The monoisotopic (exact) mass is 196 g/mol. The highest BCUT2D eigenvalue weighted by molar-refractivity contribution is 6.09. The SMILES string of the molecule is Nc1cc(N)cc(CO[CH](O)[AlH2])c1. The van der Waals surface area contributed by atoms with E-state index in [1.807, 2.05) is 0 Å². The van der Waals surface area contributed by atoms with Gasteiger partial charge < -0.3 is 21.3 Å². The Morgan fingerprint density at radius 3 is 2.31 bits per heavy atom. The minimum absolute atomic E-state index is 0.347. The average Bonchev–Trinajstić information content (AvgIpc) is 1.99. The smallest absolute Gasteiger partial charge is 0.302 e. The van der Waals surface area contributed by atoms with Crippen molar-refractivity contribution in [3.8, 4) is 0 Å². The molecule has 1 rings (SSSR count). The molecule has 0 aliphatic rings. The van der Waals surface area contributed by atoms with Crippen LogP contribution in [0.4, 0.5) is 11.4 Å². The second-order valence-corrected chi connectivity index (χ2v) is 3.91. The normalized spacial score (nSPS) is 12.7. The van der Waals surface area contributed by atoms with Crippen molar-refractivity contribution in [2.75, 3.05) is 11.5 Å². The molecule has 0 amide bonds. The van der Waals surface area contributed by atoms with E-state index in [9.17, 15) is 0 Å². The van der Waals surface area contributed by atoms with Gasteiger partial charge in [-0.05, 0) is 23.8 Å². The molecule has 5 heteroatoms. The van der Waals surface area contributed by atoms with Gasteiger partial charge in [0.1, 0.15) is 0 Å². The lowest BCUT2D eigenvalue weighted by atomic mass is 10.2. The number of hydrogen-bond acceptors (Lipinski definition) is 4. The molecule has 1 aromatic rings. The van der Waals surface area contributed by atoms with Crippen molar-refractivity contribution in [1.82, 2.24) is 0 Å². The molecule has 0 aliphatic carbocycles. The van der Waals surface area contributed by atoms with Gasteiger partial charge in [0.25, 0.3) is 0 Å². The van der Waals surface area contributed by atoms with Gasteiger partial charge in [0.15, 0.2) is 0 Å². The molecule has 4 nitrogen and oxygen atoms in total. The molecule has 0 aromatic heterocycles. The van der Waals surface area contributed by atoms with E-state index >= 15 is 0 Å². The van der Waals surface area contributed by atoms with E-state index < -0.39 is 5.15 Å². The molecule has 0 spiro atoms. The fraction of sp³-hybridized carbons (Fsp3) is 0.250. The topological polar surface area (TPSA) is 81.5 Å². The Morgan fingerprint density at radius 1 is 1.31 bits per heavy atom. The number of nitrogen functional groups attached to an aromatic ring is 2. The molecule has 0 saturated carbocycles. The standard InChI is InChI=1S/C8H11N2O2.Al.2H/c9-7-1-6(4-12-5-11)2-8(10)3-7;;;/h1-3,5,11H,4,9-10H2;;;. The Kier molecular flexibility index (Phi) is 3.58. The van der Waals surface area contributed by atoms with Gasteiger partial charge in [-0.2, -0.15) is 0 Å². The van der Waals surface area contributed by atoms with Crippen molar-refractivity contribution in [2.24, 2.45) is 0 Å². The molecule has 0 bridgehead atoms. The first kappa shape index (κ1) is 10.4. The van der Waals surface area contributed by atoms with Gasteiger partial charge in [-0.1, -0.05) is 0 Å². The van der Waals surface area contributed by atoms with Crippen LogP contribution in [0.3, 0.4) is 0 Å². The molecule has 0 aliphatic heterocycles. The van der Waals surface area contributed by atoms with E-state index in [0.717, 1.165) is 5.56 Å². The molecule has 0 saturated heterocycles. The third-order valence-electron chi connectivity index (χ3n) is 1.53. The van der Waals surface area contributed by atoms with Crippen LogP contribution in [0.25, 0.3) is 0 Å². The van der Waals surface area contributed by atoms with Crippen LogP contribution >= 0.6 is 0 Å². The Labute approximate surface area is 84.9 Å². The second-order valence-electron chi connectivity index (χ2n) is 2.92. The van der Waals surface area contributed by atoms with Crippen LogP contribution in [-0.4, -0.2) is 26.5 Å². The molecule has 1 unspecified atom stereocenters. The summed E-state index contributed by atoms with van der Waals surface area (Å²) < 4.78 is 5.04. The van der Waals surface area contributed by atoms with Gasteiger partial charge in [0.05, 0.1) is 11.8 Å². The van der Waals surface area contributed by atoms with Crippen molar-refractivity contribution in [1.29, 1.82) is 0 Å². The lowest BCUT2D eigenvalue weighted by Crippen LogP contribution is -2.10. The van der Waals surface area contributed by atoms with Crippen molar-refractivity contribution in [2.45, 2.75) is 11.8 Å². The third kappa shape index (κ3) is 3.66. The highest BCUT2D eigenvalue weighted by Gasteiger charge is 1.99. The predicted molar refractivity (Wildman–Crippen MR) is 54.6 cm³/mol. The summed E-state index contributed by atoms with van der Waals surface area (Å²) in [7, 11) is 0. The molecule has 0 heterocycles. The summed E-state index contributed by atoms with van der Waals surface area (Å²) in [6.07, 6.45) is 0. The maximum absolute atomic E-state index is 8.93. The van der Waals surface area contributed by atoms with Crippen LogP contribution in [0, 0.1) is 0 Å². The number of rotatable bonds is 3. The van der Waals surface area contributed by atoms with Crippen molar-refractivity contribution in [3.05, 3.63) is 23.8 Å². The van der Waals surface area contributed by atoms with Crippen LogP contribution < -0.4 is 11.5 Å². The Balaban J connectivity index is 2.66. The molecular weight excluding hydrogens is 183 g/mol. The van der Waals surface area contributed by atoms with E-state index in [1.165, 1.54) is 0 Å². The van der Waals surface area contributed by atoms with Crippen LogP contribution in [0.1, 0.15) is 5.56 Å². The second kappa shape index (κ2) is 4.49. The Bertz CT molecular complexity index is 271. The first-order chi connectivity index (χ1) is 6.08. The summed E-state index contributed by atoms with van der Waals surface area (Å²) in [5.74, 6) is 0. The third-order valence-corrected chi connectivity index (χ3v) is 1.86. The molecular formula is C8H13AlN2O2. The first-order valence-electron chi connectivity index (χ1n) is 4.02. The maximum atomic E-state index is 8.93. The van der Waals surface area contributed by atoms with Crippen LogP contribution in [0.5, 0.6) is 0 Å². The van der Waals surface area contributed by atoms with E-state index in [4.69, 9.17) is 21.3 Å². The number of benzene rings is 1. The molecule has 70 valence electrons. The molecule has 1 aromatic carbocycles. The number of ether oxygens (including phenoxy) is 1. The van der Waals surface area contributed by atoms with Crippen molar-refractivity contribution in [3.63, 3.8) is 0 Å². The van der Waals surface area contributed by atoms with Gasteiger partial charge >= 0.3 is 16.3 Å². The lowest BCUT2D eigenvalue weighted by Gasteiger charge is -2.08. The zero-order chi connectivity index (χ0) is 9.84. The van der Waals surface area contributed by atoms with Gasteiger partial charge in [0, 0.05) is 11.4 Å². The lowest BCUT2D eigenvalue weighted by molar-refractivity contribution is -0.0484. The van der Waals surface area contributed by atoms with Gasteiger partial charge in [-0.3, -0.25) is 0 Å². The quantitative estimate of drug-likeness (QED) is 0.338. The average molecular weight is 196 g/mol. The highest BCUT2D eigenvalue weighted by Crippen LogP contribution is 2.14. The van der Waals surface area contributed by atoms with Crippen molar-refractivity contribution < 1.29 is 9.84 Å². The summed E-state index contributed by atoms with van der Waals surface area (Å²) in [6.45, 7) is 0.347. The summed E-state index contributed by atoms with van der Waals surface area (Å²) in [6, 6.07) is 5.24. The summed E-state index contributed by atoms with van der Waals surface area (Å²) >= 11 is 0.597. The van der Waals surface area contributed by atoms with E-state index in [1.54, 1.807) is 18.2 Å². The van der Waals surface area contributed by atoms with Crippen LogP contribution in [0.2, 0.25) is 0 Å². The van der Waals surface area contributed by atoms with Crippen molar-refractivity contribution >= 4 is 27.7 Å². The summed E-state index contributed by atoms with van der Waals surface area (Å²) in [4.78, 5) is 0. The zero-order valence-corrected chi connectivity index (χ0v) is 9.53. The summed E-state index contributed by atoms with van der Waals surface area (Å²) in [5, 5.41) is 8.29. The predicted octanol–water partition coefficient (Wildman–Crippen LogP) is -0.723. The zero-order valence-electron chi connectivity index (χ0n) is 7.53. The van der Waals surface area contributed by atoms with E-state index in [2.05, 4.69) is 0 Å². The van der Waals surface area contributed by atoms with Crippen LogP contribution in [0.15, 0.2) is 18.2 Å². The van der Waals surface area contributed by atoms with Gasteiger partial charge in [0.2, 0.25) is 0 Å². The number of hydrogen-bond donors (Lipinski definition) is 3. The number of nitrogens with two attached hydrogens (primary N) is 2. The number of aliphatic hydroxyl groups is 1. The first-order valence-corrected chi connectivity index (χ1v) is 5.18. The van der Waals surface area contributed by atoms with Gasteiger partial charge in [-0.15, -0.1) is 0 Å². The Hall–Kier alpha value is -0.728. The molecule has 13 heavy (non-hydrogen) atoms. The fourth-order valence-corrected chi connectivity index (χ4v) is 1.21. The Morgan fingerprint density at radius 2 is 1.85 bits per heavy atom. The van der Waals surface area contributed by atoms with E-state index in [0.29, 0.717) is 34.3 Å². The summed E-state index contributed by atoms with van der Waals surface area (Å²) in [5.41, 5.74) is 13.3. The largest absolute Gasteiger partial charge is 0.399 e. The minimum Gasteiger partial charge on any atom is -0.399 e. The van der Waals surface area contributed by atoms with E-state index in [-0.39, 0.29) is 0 Å². The van der Waals surface area contributed by atoms with Crippen LogP contribution in [-0.2, 0) is 11.3 Å². The fourth-order valence-electron chi connectivity index (χ4n) is 1.05. The minimum atomic E-state index is -0.636. The van der Waals surface area contributed by atoms with Gasteiger partial charge in [-0.25, -0.2) is 0 Å². The highest BCUT2D eigenvalue weighted by atomic mass is 27.0. The molecule has 1 atom stereocenters. The molecule has 0 radical (unpaired) electrons. The number of anilines is 2. The number of aliphatic hydroxyl groups excluding tert-OH is 1.